The number of carbonyl (C=O) groups is 1. The minimum atomic E-state index is -1.80. The van der Waals surface area contributed by atoms with E-state index in [1.54, 1.807) is 37.9 Å². The number of rotatable bonds is 6. The van der Waals surface area contributed by atoms with Crippen LogP contribution >= 0.6 is 27.5 Å². The Bertz CT molecular complexity index is 958. The van der Waals surface area contributed by atoms with E-state index in [4.69, 9.17) is 15.8 Å². The first-order valence-corrected chi connectivity index (χ1v) is 10.5. The summed E-state index contributed by atoms with van der Waals surface area (Å²) in [5.41, 5.74) is 2.00. The van der Waals surface area contributed by atoms with Crippen LogP contribution in [0.15, 0.2) is 68.3 Å². The van der Waals surface area contributed by atoms with Gasteiger partial charge in [-0.25, -0.2) is 4.21 Å². The van der Waals surface area contributed by atoms with E-state index in [1.165, 1.54) is 0 Å². The molecule has 0 heterocycles. The van der Waals surface area contributed by atoms with Gasteiger partial charge in [0.1, 0.15) is 5.84 Å². The van der Waals surface area contributed by atoms with Crippen LogP contribution in [-0.2, 0) is 20.1 Å². The molecule has 0 saturated heterocycles. The van der Waals surface area contributed by atoms with Gasteiger partial charge in [-0.15, -0.1) is 0 Å². The Morgan fingerprint density at radius 1 is 1.21 bits per heavy atom. The molecule has 8 heteroatoms. The highest BCUT2D eigenvalue weighted by Gasteiger charge is 2.15. The zero-order valence-corrected chi connectivity index (χ0v) is 19.1. The summed E-state index contributed by atoms with van der Waals surface area (Å²) in [4.78, 5) is 17.9. The molecule has 0 bridgehead atoms. The van der Waals surface area contributed by atoms with E-state index in [2.05, 4.69) is 20.9 Å². The lowest BCUT2D eigenvalue weighted by Gasteiger charge is -2.21. The topological polar surface area (TPSA) is 59.0 Å². The third-order valence-corrected chi connectivity index (χ3v) is 6.18. The summed E-state index contributed by atoms with van der Waals surface area (Å²) >= 11 is 7.94. The molecule has 0 saturated carbocycles. The highest BCUT2D eigenvalue weighted by atomic mass is 79.9. The maximum absolute atomic E-state index is 12.5. The molecular weight excluding hydrogens is 464 g/mol. The van der Waals surface area contributed by atoms with Gasteiger partial charge in [0.15, 0.2) is 6.29 Å². The van der Waals surface area contributed by atoms with Gasteiger partial charge >= 0.3 is 0 Å². The molecule has 0 fully saturated rings. The number of aliphatic imine (C=N–C) groups is 1. The molecule has 0 aliphatic rings. The van der Waals surface area contributed by atoms with E-state index in [1.807, 2.05) is 37.3 Å². The molecule has 1 unspecified atom stereocenters. The summed E-state index contributed by atoms with van der Waals surface area (Å²) < 4.78 is 18.8. The second-order valence-corrected chi connectivity index (χ2v) is 8.37. The smallest absolute Gasteiger partial charge is 0.242 e. The molecule has 0 radical (unpaired) electrons. The van der Waals surface area contributed by atoms with Crippen molar-refractivity contribution >= 4 is 56.4 Å². The Labute approximate surface area is 180 Å². The number of hydrogen-bond donors (Lipinski definition) is 0. The molecule has 5 nitrogen and oxygen atoms in total. The van der Waals surface area contributed by atoms with Gasteiger partial charge in [-0.2, -0.15) is 4.99 Å². The fourth-order valence-corrected chi connectivity index (χ4v) is 3.51. The summed E-state index contributed by atoms with van der Waals surface area (Å²) in [6.45, 7) is 5.23. The van der Waals surface area contributed by atoms with Crippen molar-refractivity contribution in [2.24, 2.45) is 4.99 Å². The minimum absolute atomic E-state index is 0.00984. The quantitative estimate of drug-likeness (QED) is 0.181. The van der Waals surface area contributed by atoms with Crippen LogP contribution in [0.4, 0.5) is 5.69 Å². The predicted molar refractivity (Wildman–Crippen MR) is 118 cm³/mol. The fraction of sp³-hybridized carbons (Fsp3) is 0.200. The van der Waals surface area contributed by atoms with Crippen molar-refractivity contribution in [3.8, 4) is 0 Å². The molecule has 28 heavy (non-hydrogen) atoms. The Hall–Kier alpha value is -1.96. The second-order valence-electron chi connectivity index (χ2n) is 6.03. The molecule has 0 aromatic heterocycles. The molecule has 2 aromatic rings. The van der Waals surface area contributed by atoms with Crippen LogP contribution in [0.3, 0.4) is 0 Å². The highest BCUT2D eigenvalue weighted by molar-refractivity contribution is 9.10. The number of anilines is 1. The Balaban J connectivity index is 2.33. The van der Waals surface area contributed by atoms with Gasteiger partial charge in [0, 0.05) is 11.5 Å². The van der Waals surface area contributed by atoms with Crippen molar-refractivity contribution in [3.63, 3.8) is 0 Å². The van der Waals surface area contributed by atoms with Gasteiger partial charge in [0.05, 0.1) is 21.2 Å². The van der Waals surface area contributed by atoms with E-state index < -0.39 is 11.1 Å². The summed E-state index contributed by atoms with van der Waals surface area (Å²) in [6.07, 6.45) is 0.616. The monoisotopic (exact) mass is 482 g/mol. The average molecular weight is 484 g/mol. The molecular formula is C20H20BrClN2O3S. The summed E-state index contributed by atoms with van der Waals surface area (Å²) in [7, 11) is 1.79. The number of benzene rings is 2. The van der Waals surface area contributed by atoms with Crippen LogP contribution < -0.4 is 4.90 Å². The molecule has 2 aromatic carbocycles. The predicted octanol–water partition coefficient (Wildman–Crippen LogP) is 5.44. The maximum atomic E-state index is 12.5. The van der Waals surface area contributed by atoms with Crippen molar-refractivity contribution in [2.45, 2.75) is 25.7 Å². The van der Waals surface area contributed by atoms with Gasteiger partial charge in [-0.3, -0.25) is 4.79 Å². The number of halogens is 2. The average Bonchev–Trinajstić information content (AvgIpc) is 2.68. The molecule has 0 N–H and O–H groups in total. The van der Waals surface area contributed by atoms with Crippen molar-refractivity contribution in [2.75, 3.05) is 11.9 Å². The lowest BCUT2D eigenvalue weighted by Crippen LogP contribution is -2.24. The zero-order valence-electron chi connectivity index (χ0n) is 15.9. The van der Waals surface area contributed by atoms with Gasteiger partial charge in [-0.05, 0) is 61.0 Å². The summed E-state index contributed by atoms with van der Waals surface area (Å²) in [5, 5.41) is 0.529. The molecule has 2 rings (SSSR count). The Morgan fingerprint density at radius 2 is 1.86 bits per heavy atom. The molecule has 0 amide bonds. The van der Waals surface area contributed by atoms with Gasteiger partial charge in [0.2, 0.25) is 17.0 Å². The van der Waals surface area contributed by atoms with E-state index in [9.17, 15) is 9.00 Å². The molecule has 0 aliphatic carbocycles. The molecule has 0 aliphatic heterocycles. The van der Waals surface area contributed by atoms with Crippen LogP contribution in [0.2, 0.25) is 5.02 Å². The van der Waals surface area contributed by atoms with E-state index in [0.29, 0.717) is 22.0 Å². The van der Waals surface area contributed by atoms with E-state index in [0.717, 1.165) is 15.7 Å². The Kier molecular flexibility index (Phi) is 7.98. The standard InChI is InChI=1S/C20H20BrClN2O3S/c1-13-8-10-16(11-9-13)28(26)27-20(14(2)12-25)23-15(3)24(4)18-7-5-6-17(21)19(18)22/h5-12H,1-4H3/b20-14+,23-15-. The summed E-state index contributed by atoms with van der Waals surface area (Å²) in [6, 6.07) is 12.6. The number of carbonyl (C=O) groups excluding carboxylic acids is 1. The molecule has 148 valence electrons. The first-order chi connectivity index (χ1) is 13.2. The number of nitrogens with zero attached hydrogens (tertiary/aromatic N) is 2. The number of aldehydes is 1. The normalized spacial score (nSPS) is 13.6. The van der Waals surface area contributed by atoms with E-state index in [-0.39, 0.29) is 11.5 Å². The van der Waals surface area contributed by atoms with Crippen molar-refractivity contribution < 1.29 is 13.2 Å². The molecule has 1 atom stereocenters. The zero-order chi connectivity index (χ0) is 20.8. The van der Waals surface area contributed by atoms with Crippen LogP contribution in [0.1, 0.15) is 19.4 Å². The fourth-order valence-electron chi connectivity index (χ4n) is 2.14. The Morgan fingerprint density at radius 3 is 2.46 bits per heavy atom. The van der Waals surface area contributed by atoms with Gasteiger partial charge < -0.3 is 9.08 Å². The van der Waals surface area contributed by atoms with Crippen molar-refractivity contribution in [3.05, 3.63) is 69.0 Å². The minimum Gasteiger partial charge on any atom is -0.376 e. The van der Waals surface area contributed by atoms with Gasteiger partial charge in [0.25, 0.3) is 0 Å². The van der Waals surface area contributed by atoms with Crippen molar-refractivity contribution in [1.82, 2.24) is 0 Å². The van der Waals surface area contributed by atoms with Crippen LogP contribution in [0.5, 0.6) is 0 Å². The van der Waals surface area contributed by atoms with Crippen LogP contribution in [-0.4, -0.2) is 23.4 Å². The summed E-state index contributed by atoms with van der Waals surface area (Å²) in [5.74, 6) is 0.501. The second kappa shape index (κ2) is 10.0. The maximum Gasteiger partial charge on any atom is 0.242 e. The first-order valence-electron chi connectivity index (χ1n) is 8.30. The number of amidine groups is 1. The van der Waals surface area contributed by atoms with Gasteiger partial charge in [-0.1, -0.05) is 35.4 Å². The lowest BCUT2D eigenvalue weighted by molar-refractivity contribution is -0.105. The largest absolute Gasteiger partial charge is 0.376 e. The molecule has 0 spiro atoms. The first kappa shape index (κ1) is 22.3. The third-order valence-electron chi connectivity index (χ3n) is 3.92. The number of allylic oxidation sites excluding steroid dienone is 1. The van der Waals surface area contributed by atoms with Crippen LogP contribution in [0, 0.1) is 6.92 Å². The van der Waals surface area contributed by atoms with E-state index >= 15 is 0 Å². The lowest BCUT2D eigenvalue weighted by atomic mass is 10.2. The van der Waals surface area contributed by atoms with Crippen molar-refractivity contribution in [1.29, 1.82) is 0 Å². The highest BCUT2D eigenvalue weighted by Crippen LogP contribution is 2.32. The van der Waals surface area contributed by atoms with Crippen LogP contribution in [0.25, 0.3) is 0 Å². The SMILES string of the molecule is C/C(=N/C(OS(=O)c1ccc(C)cc1)=C(/C)C=O)N(C)c1cccc(Br)c1Cl. The third kappa shape index (κ3) is 5.53. The number of hydrogen-bond acceptors (Lipinski definition) is 4. The number of aryl methyl sites for hydroxylation is 1.